The second-order valence-corrected chi connectivity index (χ2v) is 4.24. The van der Waals surface area contributed by atoms with Crippen LogP contribution in [0.2, 0.25) is 0 Å². The summed E-state index contributed by atoms with van der Waals surface area (Å²) in [6, 6.07) is 7.58. The first kappa shape index (κ1) is 11.8. The van der Waals surface area contributed by atoms with E-state index in [-0.39, 0.29) is 13.2 Å². The molecule has 0 atom stereocenters. The van der Waals surface area contributed by atoms with Gasteiger partial charge in [-0.3, -0.25) is 0 Å². The first-order chi connectivity index (χ1) is 8.18. The van der Waals surface area contributed by atoms with Gasteiger partial charge < -0.3 is 15.5 Å². The van der Waals surface area contributed by atoms with Crippen molar-refractivity contribution in [2.45, 2.75) is 12.5 Å². The lowest BCUT2D eigenvalue weighted by Crippen LogP contribution is -2.42. The molecule has 0 aliphatic rings. The zero-order valence-corrected chi connectivity index (χ0v) is 9.59. The van der Waals surface area contributed by atoms with E-state index >= 15 is 0 Å². The zero-order valence-electron chi connectivity index (χ0n) is 9.59. The summed E-state index contributed by atoms with van der Waals surface area (Å²) in [6.45, 7) is 1.37. The molecule has 90 valence electrons. The van der Waals surface area contributed by atoms with Crippen LogP contribution in [0.3, 0.4) is 0 Å². The SMILES string of the molecule is CC(CO)(CO)Nc1ncnc2ccccc12. The Hall–Kier alpha value is -1.72. The van der Waals surface area contributed by atoms with Gasteiger partial charge in [-0.15, -0.1) is 0 Å². The monoisotopic (exact) mass is 233 g/mol. The van der Waals surface area contributed by atoms with Crippen LogP contribution >= 0.6 is 0 Å². The topological polar surface area (TPSA) is 78.3 Å². The number of aromatic nitrogens is 2. The molecule has 0 fully saturated rings. The standard InChI is InChI=1S/C12H15N3O2/c1-12(6-16,7-17)15-11-9-4-2-3-5-10(9)13-8-14-11/h2-5,8,16-17H,6-7H2,1H3,(H,13,14,15). The van der Waals surface area contributed by atoms with Crippen molar-refractivity contribution >= 4 is 16.7 Å². The van der Waals surface area contributed by atoms with Gasteiger partial charge in [0.2, 0.25) is 0 Å². The van der Waals surface area contributed by atoms with Gasteiger partial charge in [0.15, 0.2) is 0 Å². The highest BCUT2D eigenvalue weighted by Gasteiger charge is 2.23. The molecular formula is C12H15N3O2. The van der Waals surface area contributed by atoms with Gasteiger partial charge >= 0.3 is 0 Å². The highest BCUT2D eigenvalue weighted by molar-refractivity contribution is 5.88. The minimum atomic E-state index is -0.795. The average Bonchev–Trinajstić information content (AvgIpc) is 2.39. The summed E-state index contributed by atoms with van der Waals surface area (Å²) in [4.78, 5) is 8.29. The number of rotatable bonds is 4. The van der Waals surface area contributed by atoms with Crippen LogP contribution in [0.4, 0.5) is 5.82 Å². The molecule has 0 radical (unpaired) electrons. The molecule has 1 aromatic heterocycles. The predicted molar refractivity (Wildman–Crippen MR) is 65.7 cm³/mol. The first-order valence-corrected chi connectivity index (χ1v) is 5.38. The van der Waals surface area contributed by atoms with Gasteiger partial charge in [-0.2, -0.15) is 0 Å². The third-order valence-electron chi connectivity index (χ3n) is 2.66. The molecule has 1 heterocycles. The molecular weight excluding hydrogens is 218 g/mol. The molecule has 1 aromatic carbocycles. The minimum Gasteiger partial charge on any atom is -0.394 e. The average molecular weight is 233 g/mol. The van der Waals surface area contributed by atoms with E-state index in [9.17, 15) is 10.2 Å². The zero-order chi connectivity index (χ0) is 12.3. The third-order valence-corrected chi connectivity index (χ3v) is 2.66. The van der Waals surface area contributed by atoms with Crippen molar-refractivity contribution in [1.29, 1.82) is 0 Å². The van der Waals surface area contributed by atoms with Gasteiger partial charge in [0.1, 0.15) is 12.1 Å². The molecule has 0 aliphatic carbocycles. The summed E-state index contributed by atoms with van der Waals surface area (Å²) in [5.41, 5.74) is 0.0279. The molecule has 2 aromatic rings. The normalized spacial score (nSPS) is 11.7. The van der Waals surface area contributed by atoms with Crippen LogP contribution in [0.15, 0.2) is 30.6 Å². The fourth-order valence-corrected chi connectivity index (χ4v) is 1.52. The van der Waals surface area contributed by atoms with Gasteiger partial charge in [0.05, 0.1) is 24.3 Å². The summed E-state index contributed by atoms with van der Waals surface area (Å²) in [5.74, 6) is 0.612. The summed E-state index contributed by atoms with van der Waals surface area (Å²) >= 11 is 0. The first-order valence-electron chi connectivity index (χ1n) is 5.38. The molecule has 0 amide bonds. The Labute approximate surface area is 99.2 Å². The van der Waals surface area contributed by atoms with Crippen molar-refractivity contribution in [2.75, 3.05) is 18.5 Å². The number of hydrogen-bond donors (Lipinski definition) is 3. The molecule has 5 nitrogen and oxygen atoms in total. The van der Waals surface area contributed by atoms with Crippen molar-refractivity contribution in [2.24, 2.45) is 0 Å². The number of para-hydroxylation sites is 1. The van der Waals surface area contributed by atoms with E-state index < -0.39 is 5.54 Å². The Bertz CT molecular complexity index is 507. The molecule has 5 heteroatoms. The molecule has 0 aliphatic heterocycles. The highest BCUT2D eigenvalue weighted by atomic mass is 16.3. The maximum absolute atomic E-state index is 9.25. The smallest absolute Gasteiger partial charge is 0.137 e. The summed E-state index contributed by atoms with van der Waals surface area (Å²) in [6.07, 6.45) is 1.46. The van der Waals surface area contributed by atoms with Gasteiger partial charge in [-0.05, 0) is 19.1 Å². The molecule has 0 saturated heterocycles. The van der Waals surface area contributed by atoms with E-state index in [0.29, 0.717) is 5.82 Å². The summed E-state index contributed by atoms with van der Waals surface area (Å²) in [5, 5.41) is 22.4. The Morgan fingerprint density at radius 2 is 1.88 bits per heavy atom. The van der Waals surface area contributed by atoms with Gasteiger partial charge in [0.25, 0.3) is 0 Å². The highest BCUT2D eigenvalue weighted by Crippen LogP contribution is 2.21. The summed E-state index contributed by atoms with van der Waals surface area (Å²) < 4.78 is 0. The van der Waals surface area contributed by atoms with Crippen molar-refractivity contribution in [3.05, 3.63) is 30.6 Å². The van der Waals surface area contributed by atoms with E-state index in [2.05, 4.69) is 15.3 Å². The quantitative estimate of drug-likeness (QED) is 0.727. The van der Waals surface area contributed by atoms with Crippen molar-refractivity contribution in [3.63, 3.8) is 0 Å². The molecule has 0 saturated carbocycles. The van der Waals surface area contributed by atoms with E-state index in [0.717, 1.165) is 10.9 Å². The molecule has 0 bridgehead atoms. The largest absolute Gasteiger partial charge is 0.394 e. The third kappa shape index (κ3) is 2.35. The maximum atomic E-state index is 9.25. The lowest BCUT2D eigenvalue weighted by Gasteiger charge is -2.27. The van der Waals surface area contributed by atoms with E-state index in [1.165, 1.54) is 6.33 Å². The Balaban J connectivity index is 2.42. The molecule has 0 spiro atoms. The predicted octanol–water partition coefficient (Wildman–Crippen LogP) is 0.785. The van der Waals surface area contributed by atoms with E-state index in [1.807, 2.05) is 24.3 Å². The van der Waals surface area contributed by atoms with Crippen molar-refractivity contribution in [1.82, 2.24) is 9.97 Å². The summed E-state index contributed by atoms with van der Waals surface area (Å²) in [7, 11) is 0. The Kier molecular flexibility index (Phi) is 3.21. The number of anilines is 1. The van der Waals surface area contributed by atoms with Crippen LogP contribution in [0.1, 0.15) is 6.92 Å². The second-order valence-electron chi connectivity index (χ2n) is 4.24. The fraction of sp³-hybridized carbons (Fsp3) is 0.333. The van der Waals surface area contributed by atoms with Gasteiger partial charge in [-0.25, -0.2) is 9.97 Å². The van der Waals surface area contributed by atoms with E-state index in [1.54, 1.807) is 6.92 Å². The lowest BCUT2D eigenvalue weighted by molar-refractivity contribution is 0.147. The minimum absolute atomic E-state index is 0.179. The fourth-order valence-electron chi connectivity index (χ4n) is 1.52. The van der Waals surface area contributed by atoms with Gasteiger partial charge in [-0.1, -0.05) is 12.1 Å². The molecule has 17 heavy (non-hydrogen) atoms. The van der Waals surface area contributed by atoms with Crippen LogP contribution in [0, 0.1) is 0 Å². The number of aliphatic hydroxyl groups is 2. The Morgan fingerprint density at radius 3 is 2.59 bits per heavy atom. The van der Waals surface area contributed by atoms with Crippen molar-refractivity contribution in [3.8, 4) is 0 Å². The number of nitrogens with zero attached hydrogens (tertiary/aromatic N) is 2. The van der Waals surface area contributed by atoms with Crippen LogP contribution in [-0.4, -0.2) is 38.9 Å². The van der Waals surface area contributed by atoms with Crippen molar-refractivity contribution < 1.29 is 10.2 Å². The lowest BCUT2D eigenvalue weighted by atomic mass is 10.1. The second kappa shape index (κ2) is 4.65. The number of benzene rings is 1. The number of aliphatic hydroxyl groups excluding tert-OH is 2. The van der Waals surface area contributed by atoms with E-state index in [4.69, 9.17) is 0 Å². The number of nitrogens with one attached hydrogen (secondary N) is 1. The molecule has 3 N–H and O–H groups in total. The Morgan fingerprint density at radius 1 is 1.18 bits per heavy atom. The maximum Gasteiger partial charge on any atom is 0.137 e. The van der Waals surface area contributed by atoms with Crippen LogP contribution < -0.4 is 5.32 Å². The molecule has 2 rings (SSSR count). The number of fused-ring (bicyclic) bond motifs is 1. The van der Waals surface area contributed by atoms with Crippen LogP contribution in [0.25, 0.3) is 10.9 Å². The number of hydrogen-bond acceptors (Lipinski definition) is 5. The van der Waals surface area contributed by atoms with Crippen LogP contribution in [-0.2, 0) is 0 Å². The van der Waals surface area contributed by atoms with Gasteiger partial charge in [0, 0.05) is 5.39 Å². The van der Waals surface area contributed by atoms with Crippen LogP contribution in [0.5, 0.6) is 0 Å². The molecule has 0 unspecified atom stereocenters.